The summed E-state index contributed by atoms with van der Waals surface area (Å²) >= 11 is 0. The number of nitrogens with zero attached hydrogens (tertiary/aromatic N) is 2. The molecule has 0 fully saturated rings. The standard InChI is InChI=1S/C14H21N3O2.2ClH/c1-18-10-11-19-9-8-17-13-5-3-2-4-12(13)16-14(17)6-7-15;;/h2-5H,6-11,15H2,1H3;2*1H. The van der Waals surface area contributed by atoms with E-state index in [-0.39, 0.29) is 24.8 Å². The number of nitrogens with two attached hydrogens (primary N) is 1. The highest BCUT2D eigenvalue weighted by Crippen LogP contribution is 2.16. The normalized spacial score (nSPS) is 10.2. The number of hydrogen-bond acceptors (Lipinski definition) is 4. The number of ether oxygens (including phenoxy) is 2. The predicted molar refractivity (Wildman–Crippen MR) is 89.7 cm³/mol. The van der Waals surface area contributed by atoms with Gasteiger partial charge in [-0.1, -0.05) is 12.1 Å². The molecule has 2 aromatic rings. The fourth-order valence-corrected chi connectivity index (χ4v) is 2.10. The Morgan fingerprint density at radius 1 is 1.14 bits per heavy atom. The van der Waals surface area contributed by atoms with E-state index < -0.39 is 0 Å². The van der Waals surface area contributed by atoms with Gasteiger partial charge in [0.25, 0.3) is 0 Å². The molecule has 0 amide bonds. The Morgan fingerprint density at radius 3 is 2.62 bits per heavy atom. The van der Waals surface area contributed by atoms with Gasteiger partial charge in [-0.25, -0.2) is 4.98 Å². The van der Waals surface area contributed by atoms with Crippen molar-refractivity contribution in [3.8, 4) is 0 Å². The van der Waals surface area contributed by atoms with Crippen LogP contribution in [0.2, 0.25) is 0 Å². The molecule has 2 rings (SSSR count). The lowest BCUT2D eigenvalue weighted by atomic mass is 10.3. The minimum atomic E-state index is 0. The maximum absolute atomic E-state index is 5.64. The van der Waals surface area contributed by atoms with Gasteiger partial charge in [0.05, 0.1) is 30.9 Å². The summed E-state index contributed by atoms with van der Waals surface area (Å²) in [5.41, 5.74) is 7.80. The molecule has 21 heavy (non-hydrogen) atoms. The van der Waals surface area contributed by atoms with Crippen LogP contribution in [0, 0.1) is 0 Å². The number of benzene rings is 1. The first-order valence-corrected chi connectivity index (χ1v) is 6.57. The van der Waals surface area contributed by atoms with E-state index in [0.717, 1.165) is 29.8 Å². The second kappa shape index (κ2) is 10.8. The van der Waals surface area contributed by atoms with Gasteiger partial charge < -0.3 is 19.8 Å². The van der Waals surface area contributed by atoms with E-state index in [4.69, 9.17) is 15.2 Å². The number of aromatic nitrogens is 2. The van der Waals surface area contributed by atoms with E-state index in [1.807, 2.05) is 18.2 Å². The van der Waals surface area contributed by atoms with E-state index in [9.17, 15) is 0 Å². The fraction of sp³-hybridized carbons (Fsp3) is 0.500. The van der Waals surface area contributed by atoms with Crippen LogP contribution in [-0.2, 0) is 22.4 Å². The van der Waals surface area contributed by atoms with Crippen molar-refractivity contribution in [2.75, 3.05) is 33.5 Å². The van der Waals surface area contributed by atoms with E-state index in [0.29, 0.717) is 26.4 Å². The number of para-hydroxylation sites is 2. The third-order valence-electron chi connectivity index (χ3n) is 2.99. The van der Waals surface area contributed by atoms with Crippen LogP contribution in [0.15, 0.2) is 24.3 Å². The molecule has 0 unspecified atom stereocenters. The number of fused-ring (bicyclic) bond motifs is 1. The second-order valence-corrected chi connectivity index (χ2v) is 4.31. The molecule has 0 aliphatic heterocycles. The van der Waals surface area contributed by atoms with Crippen LogP contribution in [0.5, 0.6) is 0 Å². The lowest BCUT2D eigenvalue weighted by Crippen LogP contribution is -2.14. The van der Waals surface area contributed by atoms with Crippen LogP contribution in [0.1, 0.15) is 5.82 Å². The Balaban J connectivity index is 0.00000200. The quantitative estimate of drug-likeness (QED) is 0.750. The first-order valence-electron chi connectivity index (χ1n) is 6.57. The maximum Gasteiger partial charge on any atom is 0.111 e. The van der Waals surface area contributed by atoms with Crippen LogP contribution < -0.4 is 5.73 Å². The number of rotatable bonds is 8. The van der Waals surface area contributed by atoms with Crippen molar-refractivity contribution in [1.82, 2.24) is 9.55 Å². The van der Waals surface area contributed by atoms with Crippen LogP contribution in [-0.4, -0.2) is 43.0 Å². The van der Waals surface area contributed by atoms with E-state index in [1.54, 1.807) is 7.11 Å². The molecule has 1 aromatic carbocycles. The van der Waals surface area contributed by atoms with Crippen LogP contribution >= 0.6 is 24.8 Å². The highest BCUT2D eigenvalue weighted by molar-refractivity contribution is 5.85. The van der Waals surface area contributed by atoms with Gasteiger partial charge >= 0.3 is 0 Å². The molecule has 0 radical (unpaired) electrons. The average molecular weight is 336 g/mol. The van der Waals surface area contributed by atoms with Gasteiger partial charge in [0, 0.05) is 20.1 Å². The molecule has 1 heterocycles. The summed E-state index contributed by atoms with van der Waals surface area (Å²) in [6, 6.07) is 8.13. The lowest BCUT2D eigenvalue weighted by molar-refractivity contribution is 0.0667. The summed E-state index contributed by atoms with van der Waals surface area (Å²) in [5.74, 6) is 1.03. The summed E-state index contributed by atoms with van der Waals surface area (Å²) in [6.45, 7) is 3.30. The third-order valence-corrected chi connectivity index (χ3v) is 2.99. The van der Waals surface area contributed by atoms with E-state index in [1.165, 1.54) is 0 Å². The molecular formula is C14H23Cl2N3O2. The van der Waals surface area contributed by atoms with Crippen LogP contribution in [0.4, 0.5) is 0 Å². The minimum absolute atomic E-state index is 0. The summed E-state index contributed by atoms with van der Waals surface area (Å²) < 4.78 is 12.7. The Labute approximate surface area is 137 Å². The smallest absolute Gasteiger partial charge is 0.111 e. The van der Waals surface area contributed by atoms with Crippen molar-refractivity contribution < 1.29 is 9.47 Å². The molecule has 0 aliphatic carbocycles. The van der Waals surface area contributed by atoms with Gasteiger partial charge in [0.15, 0.2) is 0 Å². The predicted octanol–water partition coefficient (Wildman–Crippen LogP) is 2.04. The van der Waals surface area contributed by atoms with Crippen molar-refractivity contribution in [3.63, 3.8) is 0 Å². The van der Waals surface area contributed by atoms with Crippen molar-refractivity contribution in [2.24, 2.45) is 5.73 Å². The molecule has 120 valence electrons. The third kappa shape index (κ3) is 5.45. The minimum Gasteiger partial charge on any atom is -0.382 e. The van der Waals surface area contributed by atoms with Crippen LogP contribution in [0.3, 0.4) is 0 Å². The molecule has 1 aromatic heterocycles. The first-order chi connectivity index (χ1) is 9.36. The van der Waals surface area contributed by atoms with Crippen molar-refractivity contribution in [3.05, 3.63) is 30.1 Å². The average Bonchev–Trinajstić information content (AvgIpc) is 2.77. The van der Waals surface area contributed by atoms with Gasteiger partial charge in [-0.15, -0.1) is 24.8 Å². The van der Waals surface area contributed by atoms with E-state index in [2.05, 4.69) is 15.6 Å². The monoisotopic (exact) mass is 335 g/mol. The Hall–Kier alpha value is -0.850. The molecule has 0 bridgehead atoms. The molecule has 0 atom stereocenters. The molecule has 0 saturated heterocycles. The Kier molecular flexibility index (Phi) is 10.4. The number of methoxy groups -OCH3 is 1. The number of halogens is 2. The zero-order chi connectivity index (χ0) is 13.5. The molecular weight excluding hydrogens is 313 g/mol. The molecule has 0 aliphatic rings. The van der Waals surface area contributed by atoms with Gasteiger partial charge in [0.1, 0.15) is 5.82 Å². The van der Waals surface area contributed by atoms with Gasteiger partial charge in [-0.3, -0.25) is 0 Å². The topological polar surface area (TPSA) is 62.3 Å². The summed E-state index contributed by atoms with van der Waals surface area (Å²) in [7, 11) is 1.67. The Morgan fingerprint density at radius 2 is 1.90 bits per heavy atom. The van der Waals surface area contributed by atoms with Gasteiger partial charge in [-0.05, 0) is 18.7 Å². The number of hydrogen-bond donors (Lipinski definition) is 1. The lowest BCUT2D eigenvalue weighted by Gasteiger charge is -2.09. The van der Waals surface area contributed by atoms with Gasteiger partial charge in [-0.2, -0.15) is 0 Å². The van der Waals surface area contributed by atoms with Gasteiger partial charge in [0.2, 0.25) is 0 Å². The first kappa shape index (κ1) is 20.1. The van der Waals surface area contributed by atoms with Crippen molar-refractivity contribution in [1.29, 1.82) is 0 Å². The Bertz CT molecular complexity index is 520. The van der Waals surface area contributed by atoms with E-state index >= 15 is 0 Å². The molecule has 7 heteroatoms. The highest BCUT2D eigenvalue weighted by atomic mass is 35.5. The molecule has 5 nitrogen and oxygen atoms in total. The zero-order valence-electron chi connectivity index (χ0n) is 12.2. The highest BCUT2D eigenvalue weighted by Gasteiger charge is 2.09. The largest absolute Gasteiger partial charge is 0.382 e. The number of imidazole rings is 1. The van der Waals surface area contributed by atoms with Crippen molar-refractivity contribution in [2.45, 2.75) is 13.0 Å². The zero-order valence-corrected chi connectivity index (χ0v) is 13.8. The summed E-state index contributed by atoms with van der Waals surface area (Å²) in [4.78, 5) is 4.62. The second-order valence-electron chi connectivity index (χ2n) is 4.31. The van der Waals surface area contributed by atoms with Crippen molar-refractivity contribution >= 4 is 35.8 Å². The molecule has 2 N–H and O–H groups in total. The van der Waals surface area contributed by atoms with Crippen LogP contribution in [0.25, 0.3) is 11.0 Å². The SMILES string of the molecule is COCCOCCn1c(CCN)nc2ccccc21.Cl.Cl. The molecule has 0 saturated carbocycles. The summed E-state index contributed by atoms with van der Waals surface area (Å²) in [5, 5.41) is 0. The summed E-state index contributed by atoms with van der Waals surface area (Å²) in [6.07, 6.45) is 0.784. The maximum atomic E-state index is 5.64. The molecule has 0 spiro atoms. The fourth-order valence-electron chi connectivity index (χ4n) is 2.10.